The molecule has 5 heteroatoms. The number of rotatable bonds is 3. The monoisotopic (exact) mass is 209 g/mol. The first kappa shape index (κ1) is 11.6. The molecule has 1 unspecified atom stereocenters. The number of ether oxygens (including phenoxy) is 1. The normalized spacial score (nSPS) is 14.4. The van der Waals surface area contributed by atoms with Crippen LogP contribution in [0.25, 0.3) is 0 Å². The quantitative estimate of drug-likeness (QED) is 0.730. The van der Waals surface area contributed by atoms with Crippen molar-refractivity contribution in [1.82, 2.24) is 15.3 Å². The summed E-state index contributed by atoms with van der Waals surface area (Å²) >= 11 is 0. The van der Waals surface area contributed by atoms with E-state index in [1.807, 2.05) is 0 Å². The van der Waals surface area contributed by atoms with Crippen LogP contribution in [-0.2, 0) is 15.1 Å². The molecule has 0 aromatic carbocycles. The Morgan fingerprint density at radius 1 is 1.47 bits per heavy atom. The summed E-state index contributed by atoms with van der Waals surface area (Å²) in [7, 11) is 3.04. The average molecular weight is 209 g/mol. The number of nitrogens with zero attached hydrogens (tertiary/aromatic N) is 2. The molecule has 1 N–H and O–H groups in total. The van der Waals surface area contributed by atoms with Crippen LogP contribution < -0.4 is 5.32 Å². The number of carbonyl (C=O) groups excluding carboxylic acids is 1. The molecule has 0 radical (unpaired) electrons. The van der Waals surface area contributed by atoms with Crippen molar-refractivity contribution in [3.05, 3.63) is 23.8 Å². The minimum absolute atomic E-state index is 0.381. The third kappa shape index (κ3) is 1.97. The first-order valence-corrected chi connectivity index (χ1v) is 4.61. The summed E-state index contributed by atoms with van der Waals surface area (Å²) in [5.41, 5.74) is 0.340. The van der Waals surface area contributed by atoms with Gasteiger partial charge in [-0.2, -0.15) is 0 Å². The highest BCUT2D eigenvalue weighted by molar-refractivity contribution is 5.81. The van der Waals surface area contributed by atoms with E-state index in [0.717, 1.165) is 0 Å². The zero-order chi connectivity index (χ0) is 11.5. The van der Waals surface area contributed by atoms with Crippen LogP contribution in [0, 0.1) is 6.92 Å². The van der Waals surface area contributed by atoms with Gasteiger partial charge in [-0.1, -0.05) is 0 Å². The van der Waals surface area contributed by atoms with Crippen LogP contribution in [0.2, 0.25) is 0 Å². The number of likely N-dealkylation sites (N-methyl/N-ethyl adjacent to an activating group) is 1. The maximum atomic E-state index is 11.7. The number of esters is 1. The summed E-state index contributed by atoms with van der Waals surface area (Å²) in [6, 6.07) is 0. The number of methoxy groups -OCH3 is 1. The minimum Gasteiger partial charge on any atom is -0.467 e. The van der Waals surface area contributed by atoms with Crippen LogP contribution in [0.3, 0.4) is 0 Å². The molecule has 1 aromatic heterocycles. The first-order chi connectivity index (χ1) is 7.06. The topological polar surface area (TPSA) is 64.1 Å². The van der Waals surface area contributed by atoms with Gasteiger partial charge in [-0.15, -0.1) is 0 Å². The molecule has 0 bridgehead atoms. The van der Waals surface area contributed by atoms with Gasteiger partial charge in [0.25, 0.3) is 0 Å². The fourth-order valence-electron chi connectivity index (χ4n) is 1.42. The fourth-order valence-corrected chi connectivity index (χ4v) is 1.42. The van der Waals surface area contributed by atoms with Crippen molar-refractivity contribution in [3.8, 4) is 0 Å². The van der Waals surface area contributed by atoms with Crippen molar-refractivity contribution in [2.45, 2.75) is 19.4 Å². The summed E-state index contributed by atoms with van der Waals surface area (Å²) in [5.74, 6) is -0.381. The molecule has 1 heterocycles. The van der Waals surface area contributed by atoms with Gasteiger partial charge in [-0.25, -0.2) is 4.79 Å². The lowest BCUT2D eigenvalue weighted by Gasteiger charge is -2.26. The van der Waals surface area contributed by atoms with Gasteiger partial charge in [0.2, 0.25) is 0 Å². The molecule has 0 saturated heterocycles. The molecule has 0 aliphatic carbocycles. The number of aromatic nitrogens is 2. The van der Waals surface area contributed by atoms with E-state index in [1.54, 1.807) is 33.3 Å². The molecule has 1 atom stereocenters. The Morgan fingerprint density at radius 2 is 2.07 bits per heavy atom. The van der Waals surface area contributed by atoms with Gasteiger partial charge in [0.15, 0.2) is 5.54 Å². The minimum atomic E-state index is -0.951. The molecule has 0 spiro atoms. The average Bonchev–Trinajstić information content (AvgIpc) is 2.27. The first-order valence-electron chi connectivity index (χ1n) is 4.61. The fraction of sp³-hybridized carbons (Fsp3) is 0.500. The highest BCUT2D eigenvalue weighted by Crippen LogP contribution is 2.21. The Hall–Kier alpha value is -1.49. The maximum Gasteiger partial charge on any atom is 0.332 e. The third-order valence-corrected chi connectivity index (χ3v) is 2.45. The van der Waals surface area contributed by atoms with Crippen molar-refractivity contribution in [1.29, 1.82) is 0 Å². The van der Waals surface area contributed by atoms with Gasteiger partial charge in [0.1, 0.15) is 0 Å². The van der Waals surface area contributed by atoms with Crippen LogP contribution in [-0.4, -0.2) is 30.1 Å². The van der Waals surface area contributed by atoms with Crippen molar-refractivity contribution < 1.29 is 9.53 Å². The van der Waals surface area contributed by atoms with Crippen molar-refractivity contribution in [2.75, 3.05) is 14.2 Å². The lowest BCUT2D eigenvalue weighted by Crippen LogP contribution is -2.46. The van der Waals surface area contributed by atoms with Crippen molar-refractivity contribution >= 4 is 5.97 Å². The second kappa shape index (κ2) is 4.35. The number of hydrogen-bond acceptors (Lipinski definition) is 5. The molecule has 5 nitrogen and oxygen atoms in total. The van der Waals surface area contributed by atoms with Crippen LogP contribution >= 0.6 is 0 Å². The van der Waals surface area contributed by atoms with Gasteiger partial charge in [0, 0.05) is 12.4 Å². The lowest BCUT2D eigenvalue weighted by molar-refractivity contribution is -0.148. The second-order valence-electron chi connectivity index (χ2n) is 3.36. The molecule has 0 aliphatic rings. The smallest absolute Gasteiger partial charge is 0.332 e. The van der Waals surface area contributed by atoms with Gasteiger partial charge in [0.05, 0.1) is 18.5 Å². The Bertz CT molecular complexity index is 367. The zero-order valence-electron chi connectivity index (χ0n) is 9.37. The van der Waals surface area contributed by atoms with Gasteiger partial charge in [-0.05, 0) is 20.9 Å². The summed E-state index contributed by atoms with van der Waals surface area (Å²) in [6.45, 7) is 3.52. The molecular weight excluding hydrogens is 194 g/mol. The molecule has 1 rings (SSSR count). The number of carbonyl (C=O) groups is 1. The van der Waals surface area contributed by atoms with E-state index in [4.69, 9.17) is 4.74 Å². The van der Waals surface area contributed by atoms with E-state index in [9.17, 15) is 4.79 Å². The van der Waals surface area contributed by atoms with Gasteiger partial charge < -0.3 is 10.1 Å². The molecule has 1 aromatic rings. The maximum absolute atomic E-state index is 11.7. The Labute approximate surface area is 88.9 Å². The van der Waals surface area contributed by atoms with E-state index in [-0.39, 0.29) is 5.97 Å². The third-order valence-electron chi connectivity index (χ3n) is 2.45. The van der Waals surface area contributed by atoms with Crippen molar-refractivity contribution in [2.24, 2.45) is 0 Å². The highest BCUT2D eigenvalue weighted by atomic mass is 16.5. The molecule has 0 aliphatic heterocycles. The molecular formula is C10H15N3O2. The Balaban J connectivity index is 3.23. The summed E-state index contributed by atoms with van der Waals surface area (Å²) in [4.78, 5) is 19.9. The number of aryl methyl sites for hydroxylation is 1. The summed E-state index contributed by atoms with van der Waals surface area (Å²) in [6.07, 6.45) is 3.15. The Kier molecular flexibility index (Phi) is 3.36. The zero-order valence-corrected chi connectivity index (χ0v) is 9.37. The van der Waals surface area contributed by atoms with Crippen LogP contribution in [0.4, 0.5) is 0 Å². The standard InChI is InChI=1S/C10H15N3O2/c1-7-8(13-6-5-12-7)10(2,11-3)9(14)15-4/h5-6,11H,1-4H3. The van der Waals surface area contributed by atoms with E-state index in [0.29, 0.717) is 11.4 Å². The molecule has 0 saturated carbocycles. The molecule has 15 heavy (non-hydrogen) atoms. The van der Waals surface area contributed by atoms with E-state index in [1.165, 1.54) is 7.11 Å². The van der Waals surface area contributed by atoms with Crippen LogP contribution in [0.1, 0.15) is 18.3 Å². The van der Waals surface area contributed by atoms with Crippen LogP contribution in [0.15, 0.2) is 12.4 Å². The highest BCUT2D eigenvalue weighted by Gasteiger charge is 2.37. The second-order valence-corrected chi connectivity index (χ2v) is 3.36. The molecule has 82 valence electrons. The number of nitrogens with one attached hydrogen (secondary N) is 1. The largest absolute Gasteiger partial charge is 0.467 e. The van der Waals surface area contributed by atoms with E-state index >= 15 is 0 Å². The SMILES string of the molecule is CNC(C)(C(=O)OC)c1nccnc1C. The van der Waals surface area contributed by atoms with E-state index in [2.05, 4.69) is 15.3 Å². The lowest BCUT2D eigenvalue weighted by atomic mass is 9.96. The van der Waals surface area contributed by atoms with Gasteiger partial charge in [-0.3, -0.25) is 9.97 Å². The summed E-state index contributed by atoms with van der Waals surface area (Å²) < 4.78 is 4.75. The predicted octanol–water partition coefficient (Wildman–Crippen LogP) is 0.393. The Morgan fingerprint density at radius 3 is 2.53 bits per heavy atom. The molecule has 0 fully saturated rings. The van der Waals surface area contributed by atoms with Gasteiger partial charge >= 0.3 is 5.97 Å². The van der Waals surface area contributed by atoms with Crippen molar-refractivity contribution in [3.63, 3.8) is 0 Å². The number of hydrogen-bond donors (Lipinski definition) is 1. The predicted molar refractivity (Wildman–Crippen MR) is 55.2 cm³/mol. The van der Waals surface area contributed by atoms with E-state index < -0.39 is 5.54 Å². The molecule has 0 amide bonds. The van der Waals surface area contributed by atoms with Crippen LogP contribution in [0.5, 0.6) is 0 Å². The summed E-state index contributed by atoms with van der Waals surface area (Å²) in [5, 5.41) is 2.91.